The van der Waals surface area contributed by atoms with Gasteiger partial charge in [0, 0.05) is 12.1 Å². The van der Waals surface area contributed by atoms with Crippen LogP contribution in [0.5, 0.6) is 0 Å². The Bertz CT molecular complexity index is 349. The smallest absolute Gasteiger partial charge is 0.0527 e. The van der Waals surface area contributed by atoms with Gasteiger partial charge < -0.3 is 5.11 Å². The predicted molar refractivity (Wildman–Crippen MR) is 75.5 cm³/mol. The highest BCUT2D eigenvalue weighted by Gasteiger charge is 2.27. The summed E-state index contributed by atoms with van der Waals surface area (Å²) in [5.41, 5.74) is 1.38. The normalized spacial score (nSPS) is 24.7. The number of rotatable bonds is 4. The molecule has 0 bridgehead atoms. The Morgan fingerprint density at radius 2 is 1.94 bits per heavy atom. The van der Waals surface area contributed by atoms with Crippen LogP contribution in [0.4, 0.5) is 0 Å². The van der Waals surface area contributed by atoms with Crippen molar-refractivity contribution in [3.63, 3.8) is 0 Å². The molecule has 100 valence electrons. The maximum Gasteiger partial charge on any atom is 0.0527 e. The molecule has 1 N–H and O–H groups in total. The first kappa shape index (κ1) is 13.6. The number of piperidine rings is 1. The summed E-state index contributed by atoms with van der Waals surface area (Å²) in [6.45, 7) is 5.35. The first-order valence-corrected chi connectivity index (χ1v) is 7.17. The molecule has 0 unspecified atom stereocenters. The summed E-state index contributed by atoms with van der Waals surface area (Å²) in [5, 5.41) is 9.65. The highest BCUT2D eigenvalue weighted by Crippen LogP contribution is 2.30. The maximum absolute atomic E-state index is 9.65. The van der Waals surface area contributed by atoms with E-state index in [4.69, 9.17) is 0 Å². The van der Waals surface area contributed by atoms with Crippen LogP contribution in [0.2, 0.25) is 0 Å². The van der Waals surface area contributed by atoms with Gasteiger partial charge in [0.1, 0.15) is 0 Å². The van der Waals surface area contributed by atoms with Crippen LogP contribution < -0.4 is 0 Å². The molecule has 2 heteroatoms. The quantitative estimate of drug-likeness (QED) is 0.881. The minimum absolute atomic E-state index is 0.196. The molecule has 1 saturated heterocycles. The summed E-state index contributed by atoms with van der Waals surface area (Å²) in [5.74, 6) is 0. The van der Waals surface area contributed by atoms with Crippen LogP contribution >= 0.6 is 0 Å². The number of aliphatic hydroxyl groups is 1. The lowest BCUT2D eigenvalue weighted by Gasteiger charge is -2.40. The van der Waals surface area contributed by atoms with Crippen LogP contribution in [-0.4, -0.2) is 28.7 Å². The van der Waals surface area contributed by atoms with E-state index in [9.17, 15) is 5.11 Å². The van der Waals surface area contributed by atoms with Gasteiger partial charge in [-0.2, -0.15) is 0 Å². The zero-order valence-corrected chi connectivity index (χ0v) is 11.5. The van der Waals surface area contributed by atoms with Crippen molar-refractivity contribution < 1.29 is 5.11 Å². The second kappa shape index (κ2) is 6.35. The topological polar surface area (TPSA) is 23.5 Å². The van der Waals surface area contributed by atoms with Gasteiger partial charge in [-0.15, -0.1) is 0 Å². The summed E-state index contributed by atoms with van der Waals surface area (Å²) < 4.78 is 0. The Morgan fingerprint density at radius 3 is 2.61 bits per heavy atom. The third-order valence-corrected chi connectivity index (χ3v) is 4.07. The van der Waals surface area contributed by atoms with E-state index in [0.717, 1.165) is 13.0 Å². The van der Waals surface area contributed by atoms with Crippen molar-refractivity contribution in [2.24, 2.45) is 0 Å². The molecule has 0 amide bonds. The van der Waals surface area contributed by atoms with Gasteiger partial charge in [-0.25, -0.2) is 0 Å². The van der Waals surface area contributed by atoms with E-state index in [1.54, 1.807) is 0 Å². The molecule has 1 fully saturated rings. The van der Waals surface area contributed by atoms with Gasteiger partial charge in [-0.1, -0.05) is 36.8 Å². The fraction of sp³-hybridized carbons (Fsp3) is 0.625. The first-order chi connectivity index (χ1) is 8.68. The summed E-state index contributed by atoms with van der Waals surface area (Å²) in [6.07, 6.45) is 4.51. The molecule has 3 atom stereocenters. The van der Waals surface area contributed by atoms with Crippen molar-refractivity contribution in [1.29, 1.82) is 0 Å². The molecule has 0 saturated carbocycles. The molecule has 1 aliphatic rings. The zero-order valence-electron chi connectivity index (χ0n) is 11.5. The molecule has 0 spiro atoms. The summed E-state index contributed by atoms with van der Waals surface area (Å²) in [6, 6.07) is 11.7. The minimum Gasteiger partial charge on any atom is -0.393 e. The predicted octanol–water partition coefficient (Wildman–Crippen LogP) is 3.37. The van der Waals surface area contributed by atoms with Gasteiger partial charge in [-0.05, 0) is 45.2 Å². The average Bonchev–Trinajstić information content (AvgIpc) is 2.39. The van der Waals surface area contributed by atoms with Crippen molar-refractivity contribution in [1.82, 2.24) is 4.90 Å². The highest BCUT2D eigenvalue weighted by molar-refractivity contribution is 5.18. The van der Waals surface area contributed by atoms with Crippen LogP contribution in [0.1, 0.15) is 51.1 Å². The van der Waals surface area contributed by atoms with E-state index in [2.05, 4.69) is 42.2 Å². The van der Waals surface area contributed by atoms with Crippen LogP contribution in [0, 0.1) is 0 Å². The average molecular weight is 247 g/mol. The minimum atomic E-state index is -0.196. The van der Waals surface area contributed by atoms with Crippen LogP contribution in [0.15, 0.2) is 30.3 Å². The van der Waals surface area contributed by atoms with Gasteiger partial charge in [0.25, 0.3) is 0 Å². The van der Waals surface area contributed by atoms with E-state index in [1.165, 1.54) is 24.8 Å². The first-order valence-electron chi connectivity index (χ1n) is 7.17. The Morgan fingerprint density at radius 1 is 1.22 bits per heavy atom. The fourth-order valence-corrected chi connectivity index (χ4v) is 3.10. The molecular weight excluding hydrogens is 222 g/mol. The molecule has 1 aliphatic heterocycles. The molecule has 0 aliphatic carbocycles. The van der Waals surface area contributed by atoms with E-state index in [1.807, 2.05) is 6.92 Å². The van der Waals surface area contributed by atoms with Gasteiger partial charge in [-0.3, -0.25) is 4.90 Å². The summed E-state index contributed by atoms with van der Waals surface area (Å²) in [4.78, 5) is 2.57. The number of likely N-dealkylation sites (tertiary alicyclic amines) is 1. The van der Waals surface area contributed by atoms with E-state index in [0.29, 0.717) is 12.1 Å². The standard InChI is InChI=1S/C16H25NO/c1-13(18)12-16-10-6-7-11-17(16)14(2)15-8-4-3-5-9-15/h3-5,8-9,13-14,16,18H,6-7,10-12H2,1-2H3/t13-,14-,16+/m1/s1. The molecular formula is C16H25NO. The van der Waals surface area contributed by atoms with Crippen molar-refractivity contribution in [2.45, 2.75) is 57.7 Å². The third kappa shape index (κ3) is 3.33. The Balaban J connectivity index is 2.08. The third-order valence-electron chi connectivity index (χ3n) is 4.07. The fourth-order valence-electron chi connectivity index (χ4n) is 3.10. The van der Waals surface area contributed by atoms with E-state index < -0.39 is 0 Å². The van der Waals surface area contributed by atoms with Gasteiger partial charge in [0.05, 0.1) is 6.10 Å². The van der Waals surface area contributed by atoms with Crippen LogP contribution in [0.25, 0.3) is 0 Å². The summed E-state index contributed by atoms with van der Waals surface area (Å²) in [7, 11) is 0. The Hall–Kier alpha value is -0.860. The molecule has 1 heterocycles. The largest absolute Gasteiger partial charge is 0.393 e. The number of nitrogens with zero attached hydrogens (tertiary/aromatic N) is 1. The lowest BCUT2D eigenvalue weighted by Crippen LogP contribution is -2.42. The van der Waals surface area contributed by atoms with Crippen LogP contribution in [0.3, 0.4) is 0 Å². The van der Waals surface area contributed by atoms with Gasteiger partial charge in [0.2, 0.25) is 0 Å². The van der Waals surface area contributed by atoms with Gasteiger partial charge in [0.15, 0.2) is 0 Å². The molecule has 18 heavy (non-hydrogen) atoms. The molecule has 2 rings (SSSR count). The SMILES string of the molecule is C[C@H](c1ccccc1)N1CCCC[C@H]1C[C@@H](C)O. The second-order valence-corrected chi connectivity index (χ2v) is 5.56. The molecule has 1 aromatic carbocycles. The van der Waals surface area contributed by atoms with Crippen molar-refractivity contribution in [3.8, 4) is 0 Å². The summed E-state index contributed by atoms with van der Waals surface area (Å²) >= 11 is 0. The molecule has 0 aromatic heterocycles. The molecule has 0 radical (unpaired) electrons. The van der Waals surface area contributed by atoms with Gasteiger partial charge >= 0.3 is 0 Å². The van der Waals surface area contributed by atoms with Crippen molar-refractivity contribution in [3.05, 3.63) is 35.9 Å². The highest BCUT2D eigenvalue weighted by atomic mass is 16.3. The number of benzene rings is 1. The lowest BCUT2D eigenvalue weighted by atomic mass is 9.94. The molecule has 2 nitrogen and oxygen atoms in total. The Labute approximate surface area is 111 Å². The van der Waals surface area contributed by atoms with Crippen molar-refractivity contribution >= 4 is 0 Å². The van der Waals surface area contributed by atoms with Crippen molar-refractivity contribution in [2.75, 3.05) is 6.54 Å². The maximum atomic E-state index is 9.65. The second-order valence-electron chi connectivity index (χ2n) is 5.56. The zero-order chi connectivity index (χ0) is 13.0. The number of hydrogen-bond donors (Lipinski definition) is 1. The number of aliphatic hydroxyl groups excluding tert-OH is 1. The van der Waals surface area contributed by atoms with E-state index in [-0.39, 0.29) is 6.10 Å². The number of hydrogen-bond acceptors (Lipinski definition) is 2. The molecule has 1 aromatic rings. The van der Waals surface area contributed by atoms with Crippen LogP contribution in [-0.2, 0) is 0 Å². The Kier molecular flexibility index (Phi) is 4.79. The lowest BCUT2D eigenvalue weighted by molar-refractivity contribution is 0.0600. The monoisotopic (exact) mass is 247 g/mol. The van der Waals surface area contributed by atoms with E-state index >= 15 is 0 Å².